The van der Waals surface area contributed by atoms with Crippen LogP contribution >= 0.6 is 27.7 Å². The van der Waals surface area contributed by atoms with Crippen molar-refractivity contribution in [3.05, 3.63) is 34.8 Å². The minimum Gasteiger partial charge on any atom is -0.449 e. The second kappa shape index (κ2) is 8.92. The number of ether oxygens (including phenoxy) is 2. The zero-order valence-corrected chi connectivity index (χ0v) is 20.8. The number of fused-ring (bicyclic) bond motifs is 2. The van der Waals surface area contributed by atoms with Crippen LogP contribution in [0.4, 0.5) is 5.69 Å². The number of aromatic nitrogens is 2. The number of hydrogen-bond donors (Lipinski definition) is 2. The van der Waals surface area contributed by atoms with E-state index in [4.69, 9.17) is 20.2 Å². The van der Waals surface area contributed by atoms with Crippen LogP contribution in [0, 0.1) is 0 Å². The molecule has 0 saturated carbocycles. The highest BCUT2D eigenvalue weighted by Crippen LogP contribution is 2.46. The van der Waals surface area contributed by atoms with Gasteiger partial charge in [-0.2, -0.15) is 0 Å². The molecule has 2 heterocycles. The van der Waals surface area contributed by atoms with Gasteiger partial charge in [0.15, 0.2) is 16.7 Å². The molecule has 0 unspecified atom stereocenters. The minimum absolute atomic E-state index is 0.530. The molecule has 0 saturated heterocycles. The lowest BCUT2D eigenvalue weighted by atomic mass is 10.2. The highest BCUT2D eigenvalue weighted by Gasteiger charge is 2.32. The van der Waals surface area contributed by atoms with Crippen LogP contribution in [0.3, 0.4) is 0 Å². The first kappa shape index (κ1) is 22.3. The molecule has 0 bridgehead atoms. The number of nitrogens with one attached hydrogen (secondary N) is 1. The van der Waals surface area contributed by atoms with Crippen molar-refractivity contribution in [2.24, 2.45) is 0 Å². The zero-order valence-electron chi connectivity index (χ0n) is 18.4. The molecular formula is C23H29BrN4O2S. The Morgan fingerprint density at radius 1 is 1.19 bits per heavy atom. The Hall–Kier alpha value is -1.90. The highest BCUT2D eigenvalue weighted by atomic mass is 79.9. The fraction of sp³-hybridized carbons (Fsp3) is 0.435. The van der Waals surface area contributed by atoms with E-state index in [0.717, 1.165) is 63.0 Å². The lowest BCUT2D eigenvalue weighted by molar-refractivity contribution is -0.0432. The average molecular weight is 505 g/mol. The maximum atomic E-state index is 6.24. The normalized spacial score (nSPS) is 14.6. The molecule has 3 N–H and O–H groups in total. The average Bonchev–Trinajstić information content (AvgIpc) is 3.22. The zero-order chi connectivity index (χ0) is 22.2. The molecule has 0 fully saturated rings. The van der Waals surface area contributed by atoms with Gasteiger partial charge >= 0.3 is 0 Å². The summed E-state index contributed by atoms with van der Waals surface area (Å²) in [5.41, 5.74) is 8.82. The Morgan fingerprint density at radius 3 is 2.61 bits per heavy atom. The van der Waals surface area contributed by atoms with Crippen LogP contribution < -0.4 is 20.5 Å². The number of anilines is 1. The van der Waals surface area contributed by atoms with E-state index in [0.29, 0.717) is 11.7 Å². The van der Waals surface area contributed by atoms with Crippen LogP contribution in [-0.4, -0.2) is 27.9 Å². The number of nitrogens with zero attached hydrogens (tertiary/aromatic N) is 2. The van der Waals surface area contributed by atoms with Gasteiger partial charge < -0.3 is 25.1 Å². The number of nitrogen functional groups attached to an aromatic ring is 1. The van der Waals surface area contributed by atoms with Crippen molar-refractivity contribution in [2.75, 3.05) is 12.3 Å². The van der Waals surface area contributed by atoms with Crippen molar-refractivity contribution in [3.8, 4) is 11.5 Å². The number of imidazole rings is 1. The Balaban J connectivity index is 1.65. The Labute approximate surface area is 196 Å². The quantitative estimate of drug-likeness (QED) is 0.376. The molecule has 0 atom stereocenters. The molecule has 2 aromatic carbocycles. The molecular weight excluding hydrogens is 476 g/mol. The van der Waals surface area contributed by atoms with E-state index in [9.17, 15) is 0 Å². The molecule has 166 valence electrons. The van der Waals surface area contributed by atoms with Gasteiger partial charge in [0.2, 0.25) is 5.79 Å². The molecule has 0 aliphatic carbocycles. The SMILES string of the molecule is CCC(CC)NCCn1c(Sc2cc3c(cc2Br)OC(C)(C)O3)nc2c(N)cccc21. The number of nitrogens with two attached hydrogens (primary N) is 1. The number of halogens is 1. The lowest BCUT2D eigenvalue weighted by Gasteiger charge is -2.16. The minimum atomic E-state index is -0.659. The summed E-state index contributed by atoms with van der Waals surface area (Å²) in [6.45, 7) is 9.93. The predicted octanol–water partition coefficient (Wildman–Crippen LogP) is 5.82. The summed E-state index contributed by atoms with van der Waals surface area (Å²) in [7, 11) is 0. The molecule has 0 amide bonds. The first-order chi connectivity index (χ1) is 14.8. The van der Waals surface area contributed by atoms with E-state index in [-0.39, 0.29) is 0 Å². The smallest absolute Gasteiger partial charge is 0.246 e. The fourth-order valence-electron chi connectivity index (χ4n) is 3.80. The topological polar surface area (TPSA) is 74.3 Å². The number of benzene rings is 2. The van der Waals surface area contributed by atoms with E-state index >= 15 is 0 Å². The van der Waals surface area contributed by atoms with Crippen molar-refractivity contribution in [2.45, 2.75) is 69.0 Å². The van der Waals surface area contributed by atoms with Gasteiger partial charge in [-0.25, -0.2) is 4.98 Å². The van der Waals surface area contributed by atoms with Crippen molar-refractivity contribution in [1.82, 2.24) is 14.9 Å². The van der Waals surface area contributed by atoms with Gasteiger partial charge in [-0.05, 0) is 53.0 Å². The Bertz CT molecular complexity index is 1090. The second-order valence-corrected chi connectivity index (χ2v) is 10.0. The summed E-state index contributed by atoms with van der Waals surface area (Å²) in [4.78, 5) is 5.91. The van der Waals surface area contributed by atoms with E-state index in [1.165, 1.54) is 0 Å². The van der Waals surface area contributed by atoms with E-state index in [1.54, 1.807) is 11.8 Å². The summed E-state index contributed by atoms with van der Waals surface area (Å²) in [6.07, 6.45) is 2.24. The third kappa shape index (κ3) is 4.66. The van der Waals surface area contributed by atoms with E-state index < -0.39 is 5.79 Å². The third-order valence-electron chi connectivity index (χ3n) is 5.44. The van der Waals surface area contributed by atoms with Gasteiger partial charge in [0, 0.05) is 42.3 Å². The fourth-order valence-corrected chi connectivity index (χ4v) is 5.32. The summed E-state index contributed by atoms with van der Waals surface area (Å²) >= 11 is 5.29. The lowest BCUT2D eigenvalue weighted by Crippen LogP contribution is -2.30. The van der Waals surface area contributed by atoms with Crippen LogP contribution in [0.5, 0.6) is 11.5 Å². The van der Waals surface area contributed by atoms with Gasteiger partial charge in [0.05, 0.1) is 11.2 Å². The second-order valence-electron chi connectivity index (χ2n) is 8.16. The van der Waals surface area contributed by atoms with Crippen molar-refractivity contribution < 1.29 is 9.47 Å². The van der Waals surface area contributed by atoms with Gasteiger partial charge in [-0.3, -0.25) is 0 Å². The van der Waals surface area contributed by atoms with Crippen molar-refractivity contribution in [1.29, 1.82) is 0 Å². The summed E-state index contributed by atoms with van der Waals surface area (Å²) in [6, 6.07) is 10.5. The molecule has 1 aromatic heterocycles. The van der Waals surface area contributed by atoms with Crippen LogP contribution in [0.15, 0.2) is 44.9 Å². The molecule has 0 spiro atoms. The van der Waals surface area contributed by atoms with Gasteiger partial charge in [0.1, 0.15) is 5.52 Å². The standard InChI is InChI=1S/C23H29BrN4O2S/c1-5-14(6-2)26-10-11-28-17-9-7-8-16(25)21(17)27-22(28)31-20-13-19-18(12-15(20)24)29-23(3,4)30-19/h7-9,12-14,26H,5-6,10-11,25H2,1-4H3. The molecule has 1 aliphatic heterocycles. The van der Waals surface area contributed by atoms with Gasteiger partial charge in [-0.15, -0.1) is 0 Å². The number of rotatable bonds is 8. The molecule has 3 aromatic rings. The molecule has 6 nitrogen and oxygen atoms in total. The first-order valence-corrected chi connectivity index (χ1v) is 12.3. The van der Waals surface area contributed by atoms with Gasteiger partial charge in [-0.1, -0.05) is 31.7 Å². The van der Waals surface area contributed by atoms with Crippen LogP contribution in [0.2, 0.25) is 0 Å². The Kier molecular flexibility index (Phi) is 6.42. The van der Waals surface area contributed by atoms with Crippen LogP contribution in [0.25, 0.3) is 11.0 Å². The molecule has 4 rings (SSSR count). The number of para-hydroxylation sites is 1. The molecule has 8 heteroatoms. The molecule has 31 heavy (non-hydrogen) atoms. The Morgan fingerprint density at radius 2 is 1.90 bits per heavy atom. The van der Waals surface area contributed by atoms with Crippen LogP contribution in [-0.2, 0) is 6.54 Å². The predicted molar refractivity (Wildman–Crippen MR) is 130 cm³/mol. The first-order valence-electron chi connectivity index (χ1n) is 10.7. The summed E-state index contributed by atoms with van der Waals surface area (Å²) < 4.78 is 15.0. The van der Waals surface area contributed by atoms with E-state index in [1.807, 2.05) is 38.1 Å². The van der Waals surface area contributed by atoms with Crippen molar-refractivity contribution >= 4 is 44.4 Å². The largest absolute Gasteiger partial charge is 0.449 e. The van der Waals surface area contributed by atoms with Crippen molar-refractivity contribution in [3.63, 3.8) is 0 Å². The molecule has 0 radical (unpaired) electrons. The van der Waals surface area contributed by atoms with Gasteiger partial charge in [0.25, 0.3) is 0 Å². The summed E-state index contributed by atoms with van der Waals surface area (Å²) in [5.74, 6) is 0.828. The maximum absolute atomic E-state index is 6.24. The third-order valence-corrected chi connectivity index (χ3v) is 7.41. The number of hydrogen-bond acceptors (Lipinski definition) is 6. The highest BCUT2D eigenvalue weighted by molar-refractivity contribution is 9.10. The summed E-state index contributed by atoms with van der Waals surface area (Å²) in [5, 5.41) is 4.55. The van der Waals surface area contributed by atoms with E-state index in [2.05, 4.69) is 45.7 Å². The van der Waals surface area contributed by atoms with Crippen LogP contribution in [0.1, 0.15) is 40.5 Å². The molecule has 1 aliphatic rings. The monoisotopic (exact) mass is 504 g/mol. The maximum Gasteiger partial charge on any atom is 0.246 e.